The van der Waals surface area contributed by atoms with Crippen LogP contribution in [0.4, 0.5) is 0 Å². The van der Waals surface area contributed by atoms with Crippen LogP contribution in [-0.2, 0) is 12.0 Å². The molecular weight excluding hydrogens is 300 g/mol. The van der Waals surface area contributed by atoms with Crippen molar-refractivity contribution in [1.82, 2.24) is 19.9 Å². The Bertz CT molecular complexity index is 876. The maximum atomic E-state index is 12.4. The first-order chi connectivity index (χ1) is 11.3. The van der Waals surface area contributed by atoms with Crippen molar-refractivity contribution in [2.24, 2.45) is 0 Å². The normalized spacial score (nSPS) is 11.7. The molecule has 0 aliphatic carbocycles. The zero-order valence-corrected chi connectivity index (χ0v) is 14.5. The average molecular weight is 322 g/mol. The highest BCUT2D eigenvalue weighted by atomic mass is 16.1. The topological polar surface area (TPSA) is 59.3 Å². The van der Waals surface area contributed by atoms with E-state index in [0.717, 1.165) is 17.0 Å². The number of nitrogens with zero attached hydrogens (tertiary/aromatic N) is 3. The third-order valence-corrected chi connectivity index (χ3v) is 3.90. The molecule has 0 fully saturated rings. The van der Waals surface area contributed by atoms with E-state index in [-0.39, 0.29) is 11.3 Å². The smallest absolute Gasteiger partial charge is 0.270 e. The monoisotopic (exact) mass is 322 g/mol. The van der Waals surface area contributed by atoms with Crippen molar-refractivity contribution in [1.29, 1.82) is 0 Å². The minimum absolute atomic E-state index is 0.0597. The van der Waals surface area contributed by atoms with Crippen molar-refractivity contribution in [3.05, 3.63) is 65.1 Å². The lowest BCUT2D eigenvalue weighted by Gasteiger charge is -2.13. The van der Waals surface area contributed by atoms with Gasteiger partial charge in [0.05, 0.1) is 5.69 Å². The Morgan fingerprint density at radius 3 is 2.54 bits per heavy atom. The third kappa shape index (κ3) is 3.30. The predicted molar refractivity (Wildman–Crippen MR) is 94.0 cm³/mol. The third-order valence-electron chi connectivity index (χ3n) is 3.90. The molecule has 0 unspecified atom stereocenters. The molecule has 0 aliphatic rings. The van der Waals surface area contributed by atoms with Gasteiger partial charge < -0.3 is 5.32 Å². The maximum absolute atomic E-state index is 12.4. The number of aryl methyl sites for hydroxylation is 1. The summed E-state index contributed by atoms with van der Waals surface area (Å²) in [5.41, 5.74) is 3.96. The molecule has 2 heterocycles. The largest absolute Gasteiger partial charge is 0.347 e. The fraction of sp³-hybridized carbons (Fsp3) is 0.316. The first-order valence-corrected chi connectivity index (χ1v) is 8.04. The SMILES string of the molecule is Cc1cc(C(=O)NCc2ccccc2)nc2cc(C(C)(C)C)nn12. The molecule has 0 spiro atoms. The number of carbonyl (C=O) groups excluding carboxylic acids is 1. The second kappa shape index (κ2) is 6.07. The predicted octanol–water partition coefficient (Wildman–Crippen LogP) is 3.27. The summed E-state index contributed by atoms with van der Waals surface area (Å²) in [5.74, 6) is -0.178. The average Bonchev–Trinajstić information content (AvgIpc) is 2.98. The van der Waals surface area contributed by atoms with Crippen molar-refractivity contribution in [2.45, 2.75) is 39.7 Å². The summed E-state index contributed by atoms with van der Waals surface area (Å²) >= 11 is 0. The van der Waals surface area contributed by atoms with Crippen molar-refractivity contribution in [3.8, 4) is 0 Å². The Morgan fingerprint density at radius 1 is 1.17 bits per heavy atom. The van der Waals surface area contributed by atoms with Crippen LogP contribution in [0.5, 0.6) is 0 Å². The number of aromatic nitrogens is 3. The van der Waals surface area contributed by atoms with Crippen LogP contribution >= 0.6 is 0 Å². The summed E-state index contributed by atoms with van der Waals surface area (Å²) in [7, 11) is 0. The number of amides is 1. The van der Waals surface area contributed by atoms with E-state index in [1.807, 2.05) is 43.3 Å². The van der Waals surface area contributed by atoms with Gasteiger partial charge >= 0.3 is 0 Å². The summed E-state index contributed by atoms with van der Waals surface area (Å²) < 4.78 is 1.79. The molecule has 3 rings (SSSR count). The van der Waals surface area contributed by atoms with Gasteiger partial charge in [0.25, 0.3) is 5.91 Å². The quantitative estimate of drug-likeness (QED) is 0.805. The lowest BCUT2D eigenvalue weighted by molar-refractivity contribution is 0.0946. The summed E-state index contributed by atoms with van der Waals surface area (Å²) in [6.07, 6.45) is 0. The summed E-state index contributed by atoms with van der Waals surface area (Å²) in [4.78, 5) is 16.9. The van der Waals surface area contributed by atoms with E-state index in [0.29, 0.717) is 17.9 Å². The van der Waals surface area contributed by atoms with Gasteiger partial charge in [-0.15, -0.1) is 0 Å². The van der Waals surface area contributed by atoms with E-state index in [1.165, 1.54) is 0 Å². The van der Waals surface area contributed by atoms with Gasteiger partial charge in [-0.3, -0.25) is 4.79 Å². The molecule has 0 radical (unpaired) electrons. The number of hydrogen-bond acceptors (Lipinski definition) is 3. The highest BCUT2D eigenvalue weighted by molar-refractivity contribution is 5.92. The molecule has 24 heavy (non-hydrogen) atoms. The van der Waals surface area contributed by atoms with Crippen LogP contribution in [0.15, 0.2) is 42.5 Å². The van der Waals surface area contributed by atoms with Gasteiger partial charge in [-0.25, -0.2) is 9.50 Å². The molecule has 3 aromatic rings. The zero-order valence-electron chi connectivity index (χ0n) is 14.5. The van der Waals surface area contributed by atoms with Gasteiger partial charge in [0.1, 0.15) is 5.69 Å². The van der Waals surface area contributed by atoms with Gasteiger partial charge in [0, 0.05) is 23.7 Å². The number of rotatable bonds is 3. The van der Waals surface area contributed by atoms with Gasteiger partial charge in [-0.1, -0.05) is 51.1 Å². The molecular formula is C19H22N4O. The van der Waals surface area contributed by atoms with E-state index < -0.39 is 0 Å². The Labute approximate surface area is 141 Å². The molecule has 0 saturated carbocycles. The van der Waals surface area contributed by atoms with E-state index in [1.54, 1.807) is 10.6 Å². The van der Waals surface area contributed by atoms with Crippen molar-refractivity contribution in [2.75, 3.05) is 0 Å². The van der Waals surface area contributed by atoms with E-state index >= 15 is 0 Å². The molecule has 5 nitrogen and oxygen atoms in total. The molecule has 124 valence electrons. The van der Waals surface area contributed by atoms with Crippen molar-refractivity contribution < 1.29 is 4.79 Å². The van der Waals surface area contributed by atoms with E-state index in [2.05, 4.69) is 36.2 Å². The van der Waals surface area contributed by atoms with E-state index in [4.69, 9.17) is 0 Å². The van der Waals surface area contributed by atoms with Gasteiger partial charge in [-0.2, -0.15) is 5.10 Å². The van der Waals surface area contributed by atoms with Gasteiger partial charge in [-0.05, 0) is 18.6 Å². The Morgan fingerprint density at radius 2 is 1.88 bits per heavy atom. The minimum atomic E-state index is -0.178. The van der Waals surface area contributed by atoms with Crippen LogP contribution in [0.25, 0.3) is 5.65 Å². The highest BCUT2D eigenvalue weighted by Gasteiger charge is 2.20. The lowest BCUT2D eigenvalue weighted by Crippen LogP contribution is -2.24. The second-order valence-corrected chi connectivity index (χ2v) is 7.00. The Kier molecular flexibility index (Phi) is 4.09. The fourth-order valence-corrected chi connectivity index (χ4v) is 2.48. The molecule has 0 aliphatic heterocycles. The number of fused-ring (bicyclic) bond motifs is 1. The van der Waals surface area contributed by atoms with Crippen molar-refractivity contribution in [3.63, 3.8) is 0 Å². The maximum Gasteiger partial charge on any atom is 0.270 e. The summed E-state index contributed by atoms with van der Waals surface area (Å²) in [5, 5.41) is 7.51. The number of hydrogen-bond donors (Lipinski definition) is 1. The summed E-state index contributed by atoms with van der Waals surface area (Å²) in [6, 6.07) is 13.5. The number of benzene rings is 1. The summed E-state index contributed by atoms with van der Waals surface area (Å²) in [6.45, 7) is 8.74. The molecule has 0 bridgehead atoms. The Hall–Kier alpha value is -2.69. The van der Waals surface area contributed by atoms with Crippen LogP contribution in [0.2, 0.25) is 0 Å². The molecule has 1 aromatic carbocycles. The van der Waals surface area contributed by atoms with Crippen LogP contribution in [0.3, 0.4) is 0 Å². The number of nitrogens with one attached hydrogen (secondary N) is 1. The first-order valence-electron chi connectivity index (χ1n) is 8.04. The van der Waals surface area contributed by atoms with Crippen LogP contribution in [-0.4, -0.2) is 20.5 Å². The zero-order chi connectivity index (χ0) is 17.3. The molecule has 1 amide bonds. The van der Waals surface area contributed by atoms with Crippen LogP contribution in [0.1, 0.15) is 48.2 Å². The van der Waals surface area contributed by atoms with E-state index in [9.17, 15) is 4.79 Å². The Balaban J connectivity index is 1.85. The lowest BCUT2D eigenvalue weighted by atomic mass is 9.93. The first kappa shape index (κ1) is 16.2. The second-order valence-electron chi connectivity index (χ2n) is 7.00. The molecule has 2 aromatic heterocycles. The molecule has 0 saturated heterocycles. The standard InChI is InChI=1S/C19H22N4O/c1-13-10-15(18(24)20-12-14-8-6-5-7-9-14)21-17-11-16(19(2,3)4)22-23(13)17/h5-11H,12H2,1-4H3,(H,20,24). The van der Waals surface area contributed by atoms with Crippen LogP contribution in [0, 0.1) is 6.92 Å². The van der Waals surface area contributed by atoms with Gasteiger partial charge in [0.2, 0.25) is 0 Å². The van der Waals surface area contributed by atoms with Gasteiger partial charge in [0.15, 0.2) is 5.65 Å². The van der Waals surface area contributed by atoms with Crippen LogP contribution < -0.4 is 5.32 Å². The van der Waals surface area contributed by atoms with Crippen molar-refractivity contribution >= 4 is 11.6 Å². The minimum Gasteiger partial charge on any atom is -0.347 e. The number of carbonyl (C=O) groups is 1. The highest BCUT2D eigenvalue weighted by Crippen LogP contribution is 2.22. The molecule has 0 atom stereocenters. The fourth-order valence-electron chi connectivity index (χ4n) is 2.48. The molecule has 5 heteroatoms. The molecule has 1 N–H and O–H groups in total.